The zero-order valence-electron chi connectivity index (χ0n) is 23.0. The fourth-order valence-corrected chi connectivity index (χ4v) is 6.59. The highest BCUT2D eigenvalue weighted by Gasteiger charge is 2.32. The second kappa shape index (κ2) is 10.2. The van der Waals surface area contributed by atoms with Crippen LogP contribution >= 0.6 is 22.7 Å². The Balaban J connectivity index is 1.55. The van der Waals surface area contributed by atoms with Gasteiger partial charge in [0.2, 0.25) is 0 Å². The standard InChI is InChI=1S/C29H30N4O4S2/c1-15-16(2)38-27-24(15)25(30-20(14-23(34)36-7)26-32-31-17(3)33(26)27)19-10-8-18(9-11-19)21-12-13-22(39-21)28(35)37-29(4,5)6/h8-13,20H,14H2,1-7H3/t20-/m0/s1. The van der Waals surface area contributed by atoms with Crippen LogP contribution in [0.1, 0.15) is 76.1 Å². The fraction of sp³-hybridized carbons (Fsp3) is 0.345. The molecule has 0 fully saturated rings. The van der Waals surface area contributed by atoms with Gasteiger partial charge in [-0.2, -0.15) is 0 Å². The maximum Gasteiger partial charge on any atom is 0.348 e. The lowest BCUT2D eigenvalue weighted by Gasteiger charge is -2.18. The molecule has 5 rings (SSSR count). The lowest BCUT2D eigenvalue weighted by Crippen LogP contribution is -2.23. The molecule has 10 heteroatoms. The van der Waals surface area contributed by atoms with Crippen LogP contribution in [0.15, 0.2) is 41.4 Å². The van der Waals surface area contributed by atoms with Gasteiger partial charge in [-0.25, -0.2) is 4.79 Å². The highest BCUT2D eigenvalue weighted by Crippen LogP contribution is 2.40. The predicted molar refractivity (Wildman–Crippen MR) is 153 cm³/mol. The first-order valence-corrected chi connectivity index (χ1v) is 14.2. The number of rotatable bonds is 5. The number of fused-ring (bicyclic) bond motifs is 3. The lowest BCUT2D eigenvalue weighted by atomic mass is 9.98. The summed E-state index contributed by atoms with van der Waals surface area (Å²) in [6, 6.07) is 11.3. The number of hydrogen-bond acceptors (Lipinski definition) is 9. The Morgan fingerprint density at radius 1 is 0.974 bits per heavy atom. The summed E-state index contributed by atoms with van der Waals surface area (Å²) in [4.78, 5) is 32.7. The molecule has 0 unspecified atom stereocenters. The van der Waals surface area contributed by atoms with Gasteiger partial charge in [-0.3, -0.25) is 14.4 Å². The molecule has 4 heterocycles. The van der Waals surface area contributed by atoms with Crippen molar-refractivity contribution < 1.29 is 19.1 Å². The maximum atomic E-state index is 12.5. The molecule has 0 amide bonds. The van der Waals surface area contributed by atoms with E-state index in [2.05, 4.69) is 24.0 Å². The third-order valence-electron chi connectivity index (χ3n) is 6.48. The number of aryl methyl sites for hydroxylation is 2. The van der Waals surface area contributed by atoms with Crippen molar-refractivity contribution in [2.24, 2.45) is 4.99 Å². The van der Waals surface area contributed by atoms with Gasteiger partial charge in [0.05, 0.1) is 19.2 Å². The summed E-state index contributed by atoms with van der Waals surface area (Å²) in [6.07, 6.45) is 0.0613. The number of benzene rings is 1. The number of hydrogen-bond donors (Lipinski definition) is 0. The average Bonchev–Trinajstić information content (AvgIpc) is 3.57. The predicted octanol–water partition coefficient (Wildman–Crippen LogP) is 6.39. The summed E-state index contributed by atoms with van der Waals surface area (Å²) in [6.45, 7) is 11.7. The number of esters is 2. The summed E-state index contributed by atoms with van der Waals surface area (Å²) in [7, 11) is 1.38. The number of aliphatic imine (C=N–C) groups is 1. The van der Waals surface area contributed by atoms with Gasteiger partial charge < -0.3 is 9.47 Å². The van der Waals surface area contributed by atoms with Crippen LogP contribution in [-0.2, 0) is 14.3 Å². The van der Waals surface area contributed by atoms with Crippen LogP contribution in [0, 0.1) is 20.8 Å². The third kappa shape index (κ3) is 5.18. The zero-order valence-corrected chi connectivity index (χ0v) is 24.6. The van der Waals surface area contributed by atoms with E-state index in [1.807, 2.05) is 62.6 Å². The first-order valence-electron chi connectivity index (χ1n) is 12.6. The van der Waals surface area contributed by atoms with Crippen molar-refractivity contribution in [2.45, 2.75) is 59.6 Å². The van der Waals surface area contributed by atoms with Crippen molar-refractivity contribution in [3.63, 3.8) is 0 Å². The minimum atomic E-state index is -0.546. The molecule has 0 saturated heterocycles. The Morgan fingerprint density at radius 2 is 1.67 bits per heavy atom. The smallest absolute Gasteiger partial charge is 0.348 e. The van der Waals surface area contributed by atoms with E-state index < -0.39 is 11.6 Å². The summed E-state index contributed by atoms with van der Waals surface area (Å²) < 4.78 is 12.5. The largest absolute Gasteiger partial charge is 0.469 e. The Bertz CT molecular complexity index is 1600. The molecule has 1 atom stereocenters. The zero-order chi connectivity index (χ0) is 28.1. The van der Waals surface area contributed by atoms with E-state index in [4.69, 9.17) is 14.5 Å². The van der Waals surface area contributed by atoms with Gasteiger partial charge in [-0.15, -0.1) is 32.9 Å². The van der Waals surface area contributed by atoms with Gasteiger partial charge >= 0.3 is 11.9 Å². The Labute approximate surface area is 235 Å². The number of nitrogens with zero attached hydrogens (tertiary/aromatic N) is 4. The molecule has 1 aliphatic rings. The second-order valence-corrected chi connectivity index (χ2v) is 12.7. The molecule has 0 saturated carbocycles. The van der Waals surface area contributed by atoms with E-state index in [9.17, 15) is 9.59 Å². The minimum Gasteiger partial charge on any atom is -0.469 e. The van der Waals surface area contributed by atoms with E-state index in [0.717, 1.165) is 43.7 Å². The van der Waals surface area contributed by atoms with E-state index in [1.54, 1.807) is 17.4 Å². The number of thiophene rings is 2. The van der Waals surface area contributed by atoms with Crippen LogP contribution in [0.4, 0.5) is 0 Å². The van der Waals surface area contributed by atoms with Gasteiger partial charge in [0, 0.05) is 20.9 Å². The molecule has 0 aliphatic carbocycles. The van der Waals surface area contributed by atoms with Crippen LogP contribution in [-0.4, -0.2) is 45.1 Å². The summed E-state index contributed by atoms with van der Waals surface area (Å²) in [5, 5.41) is 9.71. The first-order chi connectivity index (χ1) is 18.5. The van der Waals surface area contributed by atoms with Crippen LogP contribution in [0.25, 0.3) is 15.4 Å². The second-order valence-electron chi connectivity index (χ2n) is 10.4. The summed E-state index contributed by atoms with van der Waals surface area (Å²) in [5.74, 6) is 0.688. The van der Waals surface area contributed by atoms with Crippen LogP contribution in [0.5, 0.6) is 0 Å². The van der Waals surface area contributed by atoms with Crippen molar-refractivity contribution in [1.29, 1.82) is 0 Å². The molecule has 1 aliphatic heterocycles. The van der Waals surface area contributed by atoms with Crippen molar-refractivity contribution in [1.82, 2.24) is 14.8 Å². The van der Waals surface area contributed by atoms with Gasteiger partial charge in [0.1, 0.15) is 27.3 Å². The quantitative estimate of drug-likeness (QED) is 0.262. The van der Waals surface area contributed by atoms with Crippen LogP contribution in [0.3, 0.4) is 0 Å². The molecule has 0 radical (unpaired) electrons. The van der Waals surface area contributed by atoms with E-state index in [-0.39, 0.29) is 18.4 Å². The van der Waals surface area contributed by atoms with Gasteiger partial charge in [-0.05, 0) is 64.8 Å². The monoisotopic (exact) mass is 562 g/mol. The molecule has 0 bridgehead atoms. The number of ether oxygens (including phenoxy) is 2. The van der Waals surface area contributed by atoms with Crippen molar-refractivity contribution >= 4 is 40.3 Å². The minimum absolute atomic E-state index is 0.0613. The van der Waals surface area contributed by atoms with Crippen molar-refractivity contribution in [2.75, 3.05) is 7.11 Å². The maximum absolute atomic E-state index is 12.5. The van der Waals surface area contributed by atoms with Crippen LogP contribution in [0.2, 0.25) is 0 Å². The molecular weight excluding hydrogens is 532 g/mol. The topological polar surface area (TPSA) is 95.7 Å². The molecule has 0 N–H and O–H groups in total. The third-order valence-corrected chi connectivity index (χ3v) is 8.78. The van der Waals surface area contributed by atoms with Gasteiger partial charge in [0.25, 0.3) is 0 Å². The number of methoxy groups -OCH3 is 1. The molecule has 39 heavy (non-hydrogen) atoms. The SMILES string of the molecule is COC(=O)C[C@@H]1N=C(c2ccc(-c3ccc(C(=O)OC(C)(C)C)s3)cc2)c2c(sc(C)c2C)-n2c(C)nnc21. The first kappa shape index (κ1) is 27.0. The lowest BCUT2D eigenvalue weighted by molar-refractivity contribution is -0.141. The Hall–Kier alpha value is -3.63. The number of carbonyl (C=O) groups excluding carboxylic acids is 2. The molecule has 8 nitrogen and oxygen atoms in total. The molecule has 1 aromatic carbocycles. The van der Waals surface area contributed by atoms with E-state index >= 15 is 0 Å². The van der Waals surface area contributed by atoms with Crippen LogP contribution < -0.4 is 0 Å². The normalized spacial score (nSPS) is 14.7. The molecule has 0 spiro atoms. The molecular formula is C29H30N4O4S2. The van der Waals surface area contributed by atoms with E-state index in [1.165, 1.54) is 23.3 Å². The number of aromatic nitrogens is 3. The van der Waals surface area contributed by atoms with Crippen molar-refractivity contribution in [3.05, 3.63) is 74.5 Å². The highest BCUT2D eigenvalue weighted by molar-refractivity contribution is 7.17. The van der Waals surface area contributed by atoms with Gasteiger partial charge in [0.15, 0.2) is 5.82 Å². The summed E-state index contributed by atoms with van der Waals surface area (Å²) in [5.41, 5.74) is 4.33. The molecule has 3 aromatic heterocycles. The van der Waals surface area contributed by atoms with Gasteiger partial charge in [-0.1, -0.05) is 24.3 Å². The number of carbonyl (C=O) groups is 2. The van der Waals surface area contributed by atoms with E-state index in [0.29, 0.717) is 10.7 Å². The average molecular weight is 563 g/mol. The Kier molecular flexibility index (Phi) is 7.02. The summed E-state index contributed by atoms with van der Waals surface area (Å²) >= 11 is 3.07. The molecule has 202 valence electrons. The molecule has 4 aromatic rings. The Morgan fingerprint density at radius 3 is 2.33 bits per heavy atom. The highest BCUT2D eigenvalue weighted by atomic mass is 32.1. The van der Waals surface area contributed by atoms with Crippen molar-refractivity contribution in [3.8, 4) is 15.4 Å². The fourth-order valence-electron chi connectivity index (χ4n) is 4.49.